The van der Waals surface area contributed by atoms with Crippen molar-refractivity contribution in [2.75, 3.05) is 42.1 Å². The Hall–Kier alpha value is -2.39. The van der Waals surface area contributed by atoms with Crippen molar-refractivity contribution < 1.29 is 22.7 Å². The molecule has 0 bridgehead atoms. The maximum Gasteiger partial charge on any atom is 0.240 e. The summed E-state index contributed by atoms with van der Waals surface area (Å²) in [6, 6.07) is 13.1. The molecule has 1 heterocycles. The van der Waals surface area contributed by atoms with Crippen LogP contribution >= 0.6 is 11.8 Å². The van der Waals surface area contributed by atoms with Crippen LogP contribution in [0.3, 0.4) is 0 Å². The first-order chi connectivity index (χ1) is 14.9. The second-order valence-corrected chi connectivity index (χ2v) is 10.4. The van der Waals surface area contributed by atoms with Gasteiger partial charge in [0.25, 0.3) is 0 Å². The molecule has 3 rings (SSSR count). The topological polar surface area (TPSA) is 84.9 Å². The van der Waals surface area contributed by atoms with Gasteiger partial charge in [0.2, 0.25) is 15.9 Å². The average Bonchev–Trinajstić information content (AvgIpc) is 2.78. The molecule has 1 aliphatic rings. The first-order valence-corrected chi connectivity index (χ1v) is 13.0. The number of carbonyl (C=O) groups is 1. The van der Waals surface area contributed by atoms with E-state index >= 15 is 0 Å². The van der Waals surface area contributed by atoms with Gasteiger partial charge in [-0.3, -0.25) is 9.10 Å². The van der Waals surface area contributed by atoms with Gasteiger partial charge in [-0.15, -0.1) is 0 Å². The third-order valence-electron chi connectivity index (χ3n) is 4.89. The first-order valence-electron chi connectivity index (χ1n) is 10.2. The van der Waals surface area contributed by atoms with E-state index in [0.717, 1.165) is 15.8 Å². The molecule has 0 unspecified atom stereocenters. The van der Waals surface area contributed by atoms with Crippen molar-refractivity contribution in [2.24, 2.45) is 0 Å². The Bertz CT molecular complexity index is 1010. The van der Waals surface area contributed by atoms with E-state index in [1.807, 2.05) is 12.1 Å². The Morgan fingerprint density at radius 2 is 1.87 bits per heavy atom. The highest BCUT2D eigenvalue weighted by Crippen LogP contribution is 2.34. The highest BCUT2D eigenvalue weighted by Gasteiger charge is 2.25. The standard InChI is InChI=1S/C22H28N2O5S2/c1-3-31(26,27)24(19-8-9-20-21(14-19)29-12-11-28-20)15-22(25)23-10-13-30-16-18-7-5-4-6-17(18)2/h4-9,14H,3,10-13,15-16H2,1-2H3,(H,23,25). The van der Waals surface area contributed by atoms with Crippen LogP contribution in [0.5, 0.6) is 11.5 Å². The van der Waals surface area contributed by atoms with Crippen molar-refractivity contribution in [2.45, 2.75) is 19.6 Å². The smallest absolute Gasteiger partial charge is 0.240 e. The van der Waals surface area contributed by atoms with Crippen molar-refractivity contribution in [3.05, 3.63) is 53.6 Å². The van der Waals surface area contributed by atoms with Gasteiger partial charge in [0.05, 0.1) is 11.4 Å². The van der Waals surface area contributed by atoms with E-state index in [2.05, 4.69) is 24.4 Å². The van der Waals surface area contributed by atoms with E-state index in [-0.39, 0.29) is 18.2 Å². The lowest BCUT2D eigenvalue weighted by atomic mass is 10.1. The number of sulfonamides is 1. The first kappa shape index (κ1) is 23.3. The van der Waals surface area contributed by atoms with E-state index in [9.17, 15) is 13.2 Å². The number of aryl methyl sites for hydroxylation is 1. The second-order valence-electron chi connectivity index (χ2n) is 7.06. The third-order valence-corrected chi connectivity index (χ3v) is 7.64. The van der Waals surface area contributed by atoms with Gasteiger partial charge in [-0.1, -0.05) is 24.3 Å². The highest BCUT2D eigenvalue weighted by molar-refractivity contribution is 7.98. The number of benzene rings is 2. The zero-order valence-corrected chi connectivity index (χ0v) is 19.4. The van der Waals surface area contributed by atoms with Gasteiger partial charge in [0, 0.05) is 24.1 Å². The van der Waals surface area contributed by atoms with Gasteiger partial charge in [-0.25, -0.2) is 8.42 Å². The number of ether oxygens (including phenoxy) is 2. The fraction of sp³-hybridized carbons (Fsp3) is 0.409. The Balaban J connectivity index is 1.56. The molecule has 1 aliphatic heterocycles. The molecule has 0 fully saturated rings. The third kappa shape index (κ3) is 6.30. The zero-order valence-electron chi connectivity index (χ0n) is 17.8. The van der Waals surface area contributed by atoms with Gasteiger partial charge in [0.1, 0.15) is 19.8 Å². The molecule has 0 aromatic heterocycles. The van der Waals surface area contributed by atoms with Crippen LogP contribution in [0.15, 0.2) is 42.5 Å². The van der Waals surface area contributed by atoms with Crippen LogP contribution in [0.25, 0.3) is 0 Å². The van der Waals surface area contributed by atoms with Crippen LogP contribution in [0.1, 0.15) is 18.1 Å². The molecule has 0 radical (unpaired) electrons. The molecular weight excluding hydrogens is 436 g/mol. The summed E-state index contributed by atoms with van der Waals surface area (Å²) in [5, 5.41) is 2.82. The summed E-state index contributed by atoms with van der Waals surface area (Å²) < 4.78 is 37.4. The monoisotopic (exact) mass is 464 g/mol. The van der Waals surface area contributed by atoms with Crippen LogP contribution in [0, 0.1) is 6.92 Å². The summed E-state index contributed by atoms with van der Waals surface area (Å²) in [6.07, 6.45) is 0. The van der Waals surface area contributed by atoms with Crippen molar-refractivity contribution in [1.82, 2.24) is 5.32 Å². The minimum Gasteiger partial charge on any atom is -0.486 e. The number of fused-ring (bicyclic) bond motifs is 1. The van der Waals surface area contributed by atoms with Crippen LogP contribution in [-0.4, -0.2) is 52.1 Å². The maximum absolute atomic E-state index is 12.6. The fourth-order valence-electron chi connectivity index (χ4n) is 3.10. The fourth-order valence-corrected chi connectivity index (χ4v) is 5.09. The summed E-state index contributed by atoms with van der Waals surface area (Å²) in [7, 11) is -3.64. The van der Waals surface area contributed by atoms with Gasteiger partial charge in [-0.05, 0) is 37.1 Å². The molecule has 9 heteroatoms. The van der Waals surface area contributed by atoms with Crippen LogP contribution in [0.2, 0.25) is 0 Å². The average molecular weight is 465 g/mol. The number of thioether (sulfide) groups is 1. The van der Waals surface area contributed by atoms with Crippen molar-refractivity contribution in [1.29, 1.82) is 0 Å². The van der Waals surface area contributed by atoms with Gasteiger partial charge >= 0.3 is 0 Å². The van der Waals surface area contributed by atoms with E-state index in [1.165, 1.54) is 11.1 Å². The predicted molar refractivity (Wildman–Crippen MR) is 125 cm³/mol. The molecule has 2 aromatic rings. The van der Waals surface area contributed by atoms with E-state index < -0.39 is 10.0 Å². The number of nitrogens with zero attached hydrogens (tertiary/aromatic N) is 1. The van der Waals surface area contributed by atoms with Gasteiger partial charge in [0.15, 0.2) is 11.5 Å². The number of carbonyl (C=O) groups excluding carboxylic acids is 1. The SMILES string of the molecule is CCS(=O)(=O)N(CC(=O)NCCSCc1ccccc1C)c1ccc2c(c1)OCCO2. The molecule has 1 N–H and O–H groups in total. The molecule has 7 nitrogen and oxygen atoms in total. The van der Waals surface area contributed by atoms with Crippen molar-refractivity contribution in [3.8, 4) is 11.5 Å². The Labute approximate surface area is 188 Å². The maximum atomic E-state index is 12.6. The van der Waals surface area contributed by atoms with Gasteiger partial charge < -0.3 is 14.8 Å². The Morgan fingerprint density at radius 1 is 1.13 bits per heavy atom. The van der Waals surface area contributed by atoms with Gasteiger partial charge in [-0.2, -0.15) is 11.8 Å². The molecular formula is C22H28N2O5S2. The summed E-state index contributed by atoms with van der Waals surface area (Å²) in [5.41, 5.74) is 2.91. The van der Waals surface area contributed by atoms with Crippen LogP contribution in [-0.2, 0) is 20.6 Å². The van der Waals surface area contributed by atoms with Crippen LogP contribution < -0.4 is 19.1 Å². The minimum atomic E-state index is -3.64. The Kier molecular flexibility index (Phi) is 8.09. The molecule has 2 aromatic carbocycles. The number of nitrogens with one attached hydrogen (secondary N) is 1. The molecule has 1 amide bonds. The number of amides is 1. The molecule has 0 saturated heterocycles. The molecule has 0 atom stereocenters. The normalized spacial score (nSPS) is 13.0. The summed E-state index contributed by atoms with van der Waals surface area (Å²) >= 11 is 1.73. The molecule has 0 saturated carbocycles. The van der Waals surface area contributed by atoms with Crippen LogP contribution in [0.4, 0.5) is 5.69 Å². The number of rotatable bonds is 10. The minimum absolute atomic E-state index is 0.110. The predicted octanol–water partition coefficient (Wildman–Crippen LogP) is 2.97. The van der Waals surface area contributed by atoms with E-state index in [0.29, 0.717) is 36.9 Å². The summed E-state index contributed by atoms with van der Waals surface area (Å²) in [6.45, 7) is 4.68. The van der Waals surface area contributed by atoms with E-state index in [4.69, 9.17) is 9.47 Å². The summed E-state index contributed by atoms with van der Waals surface area (Å²) in [4.78, 5) is 12.5. The summed E-state index contributed by atoms with van der Waals surface area (Å²) in [5.74, 6) is 2.21. The highest BCUT2D eigenvalue weighted by atomic mass is 32.2. The lowest BCUT2D eigenvalue weighted by Crippen LogP contribution is -2.42. The Morgan fingerprint density at radius 3 is 2.61 bits per heavy atom. The number of hydrogen-bond acceptors (Lipinski definition) is 6. The second kappa shape index (κ2) is 10.8. The largest absolute Gasteiger partial charge is 0.486 e. The molecule has 0 spiro atoms. The van der Waals surface area contributed by atoms with Crippen molar-refractivity contribution in [3.63, 3.8) is 0 Å². The number of hydrogen-bond donors (Lipinski definition) is 1. The molecule has 31 heavy (non-hydrogen) atoms. The quantitative estimate of drug-likeness (QED) is 0.544. The van der Waals surface area contributed by atoms with Crippen molar-refractivity contribution >= 4 is 33.4 Å². The molecule has 168 valence electrons. The lowest BCUT2D eigenvalue weighted by Gasteiger charge is -2.25. The lowest BCUT2D eigenvalue weighted by molar-refractivity contribution is -0.119. The number of anilines is 1. The molecule has 0 aliphatic carbocycles. The van der Waals surface area contributed by atoms with E-state index in [1.54, 1.807) is 36.9 Å². The zero-order chi connectivity index (χ0) is 22.3.